The van der Waals surface area contributed by atoms with Crippen molar-refractivity contribution in [3.8, 4) is 0 Å². The first-order valence-corrected chi connectivity index (χ1v) is 4.73. The van der Waals surface area contributed by atoms with Crippen LogP contribution in [-0.2, 0) is 4.74 Å². The van der Waals surface area contributed by atoms with Crippen molar-refractivity contribution in [3.05, 3.63) is 0 Å². The van der Waals surface area contributed by atoms with Crippen LogP contribution in [0.2, 0.25) is 0 Å². The van der Waals surface area contributed by atoms with Gasteiger partial charge in [0.25, 0.3) is 0 Å². The molecule has 0 aromatic heterocycles. The zero-order valence-corrected chi connectivity index (χ0v) is 7.19. The molecule has 2 heteroatoms. The van der Waals surface area contributed by atoms with Crippen molar-refractivity contribution in [3.63, 3.8) is 0 Å². The van der Waals surface area contributed by atoms with Gasteiger partial charge in [0.05, 0.1) is 6.10 Å². The van der Waals surface area contributed by atoms with Crippen LogP contribution in [-0.4, -0.2) is 18.0 Å². The normalized spacial score (nSPS) is 27.0. The van der Waals surface area contributed by atoms with Crippen molar-refractivity contribution < 1.29 is 4.74 Å². The highest BCUT2D eigenvalue weighted by Gasteiger charge is 2.13. The van der Waals surface area contributed by atoms with Gasteiger partial charge in [-0.2, -0.15) is 0 Å². The maximum absolute atomic E-state index is 5.43. The van der Waals surface area contributed by atoms with Crippen molar-refractivity contribution in [1.82, 2.24) is 0 Å². The fourth-order valence-electron chi connectivity index (χ4n) is 1.18. The van der Waals surface area contributed by atoms with E-state index in [4.69, 9.17) is 4.74 Å². The topological polar surface area (TPSA) is 9.23 Å². The smallest absolute Gasteiger partial charge is 0.0576 e. The molecule has 0 aromatic rings. The Hall–Kier alpha value is 0.440. The van der Waals surface area contributed by atoms with Crippen LogP contribution in [0, 0.1) is 0 Å². The second-order valence-corrected chi connectivity index (χ2v) is 3.26. The van der Waals surface area contributed by atoms with Gasteiger partial charge in [-0.05, 0) is 25.7 Å². The van der Waals surface area contributed by atoms with Gasteiger partial charge in [-0.3, -0.25) is 0 Å². The number of alkyl halides is 1. The maximum Gasteiger partial charge on any atom is 0.0576 e. The van der Waals surface area contributed by atoms with Gasteiger partial charge < -0.3 is 4.74 Å². The second kappa shape index (κ2) is 4.29. The lowest BCUT2D eigenvalue weighted by atomic mass is 10.1. The molecule has 1 aliphatic heterocycles. The molecule has 1 heterocycles. The summed E-state index contributed by atoms with van der Waals surface area (Å²) in [7, 11) is 0. The first-order valence-electron chi connectivity index (χ1n) is 3.61. The summed E-state index contributed by atoms with van der Waals surface area (Å²) < 4.78 is 5.43. The molecule has 1 aliphatic rings. The first kappa shape index (κ1) is 7.55. The molecule has 1 nitrogen and oxygen atoms in total. The van der Waals surface area contributed by atoms with E-state index in [0.717, 1.165) is 11.9 Å². The third-order valence-corrected chi connectivity index (χ3v) is 2.24. The van der Waals surface area contributed by atoms with Crippen LogP contribution in [0.3, 0.4) is 0 Å². The molecule has 1 atom stereocenters. The summed E-state index contributed by atoms with van der Waals surface area (Å²) in [4.78, 5) is 0. The van der Waals surface area contributed by atoms with Gasteiger partial charge in [0.1, 0.15) is 0 Å². The van der Waals surface area contributed by atoms with E-state index in [1.807, 2.05) is 0 Å². The van der Waals surface area contributed by atoms with Gasteiger partial charge in [0, 0.05) is 11.9 Å². The molecule has 0 bridgehead atoms. The van der Waals surface area contributed by atoms with E-state index in [0.29, 0.717) is 6.10 Å². The van der Waals surface area contributed by atoms with Gasteiger partial charge >= 0.3 is 0 Å². The molecule has 0 radical (unpaired) electrons. The zero-order chi connectivity index (χ0) is 6.53. The molecule has 54 valence electrons. The molecule has 1 fully saturated rings. The lowest BCUT2D eigenvalue weighted by molar-refractivity contribution is 0.104. The SMILES string of the molecule is BrCCC[C@H]1CCCO1. The van der Waals surface area contributed by atoms with Gasteiger partial charge in [-0.25, -0.2) is 0 Å². The molecular weight excluding hydrogens is 180 g/mol. The number of halogens is 1. The molecular formula is C7H13BrO. The van der Waals surface area contributed by atoms with E-state index in [1.165, 1.54) is 25.7 Å². The van der Waals surface area contributed by atoms with E-state index >= 15 is 0 Å². The molecule has 0 unspecified atom stereocenters. The summed E-state index contributed by atoms with van der Waals surface area (Å²) in [6, 6.07) is 0. The van der Waals surface area contributed by atoms with Crippen molar-refractivity contribution in [2.24, 2.45) is 0 Å². The summed E-state index contributed by atoms with van der Waals surface area (Å²) in [5.41, 5.74) is 0. The molecule has 0 spiro atoms. The summed E-state index contributed by atoms with van der Waals surface area (Å²) in [5.74, 6) is 0. The Balaban J connectivity index is 1.98. The van der Waals surface area contributed by atoms with Crippen LogP contribution in [0.15, 0.2) is 0 Å². The molecule has 1 saturated heterocycles. The summed E-state index contributed by atoms with van der Waals surface area (Å²) in [5, 5.41) is 1.12. The van der Waals surface area contributed by atoms with Crippen LogP contribution in [0.5, 0.6) is 0 Å². The first-order chi connectivity index (χ1) is 4.43. The van der Waals surface area contributed by atoms with Crippen molar-refractivity contribution >= 4 is 15.9 Å². The molecule has 0 N–H and O–H groups in total. The van der Waals surface area contributed by atoms with Crippen molar-refractivity contribution in [2.45, 2.75) is 31.8 Å². The van der Waals surface area contributed by atoms with E-state index in [1.54, 1.807) is 0 Å². The molecule has 0 aliphatic carbocycles. The highest BCUT2D eigenvalue weighted by molar-refractivity contribution is 9.09. The van der Waals surface area contributed by atoms with E-state index in [2.05, 4.69) is 15.9 Å². The largest absolute Gasteiger partial charge is 0.378 e. The predicted octanol–water partition coefficient (Wildman–Crippen LogP) is 2.34. The summed E-state index contributed by atoms with van der Waals surface area (Å²) in [6.07, 6.45) is 5.64. The van der Waals surface area contributed by atoms with Crippen molar-refractivity contribution in [1.29, 1.82) is 0 Å². The zero-order valence-electron chi connectivity index (χ0n) is 5.61. The Kier molecular flexibility index (Phi) is 3.59. The summed E-state index contributed by atoms with van der Waals surface area (Å²) in [6.45, 7) is 0.993. The molecule has 1 rings (SSSR count). The highest BCUT2D eigenvalue weighted by atomic mass is 79.9. The van der Waals surface area contributed by atoms with E-state index < -0.39 is 0 Å². The molecule has 0 amide bonds. The molecule has 0 saturated carbocycles. The van der Waals surface area contributed by atoms with Crippen LogP contribution < -0.4 is 0 Å². The number of ether oxygens (including phenoxy) is 1. The molecule has 0 aromatic carbocycles. The van der Waals surface area contributed by atoms with Gasteiger partial charge in [0.2, 0.25) is 0 Å². The number of rotatable bonds is 3. The fourth-order valence-corrected chi connectivity index (χ4v) is 1.50. The third-order valence-electron chi connectivity index (χ3n) is 1.68. The van der Waals surface area contributed by atoms with Crippen LogP contribution in [0.25, 0.3) is 0 Å². The highest BCUT2D eigenvalue weighted by Crippen LogP contribution is 2.16. The van der Waals surface area contributed by atoms with Crippen LogP contribution in [0.4, 0.5) is 0 Å². The summed E-state index contributed by atoms with van der Waals surface area (Å²) >= 11 is 3.40. The Labute approximate surface area is 64.9 Å². The predicted molar refractivity (Wildman–Crippen MR) is 42.0 cm³/mol. The second-order valence-electron chi connectivity index (χ2n) is 2.47. The average Bonchev–Trinajstić information content (AvgIpc) is 2.34. The third kappa shape index (κ3) is 2.67. The minimum Gasteiger partial charge on any atom is -0.378 e. The average molecular weight is 193 g/mol. The van der Waals surface area contributed by atoms with Crippen molar-refractivity contribution in [2.75, 3.05) is 11.9 Å². The molecule has 9 heavy (non-hydrogen) atoms. The Morgan fingerprint density at radius 1 is 1.56 bits per heavy atom. The van der Waals surface area contributed by atoms with Crippen LogP contribution in [0.1, 0.15) is 25.7 Å². The Morgan fingerprint density at radius 3 is 3.00 bits per heavy atom. The lowest BCUT2D eigenvalue weighted by Crippen LogP contribution is -2.03. The lowest BCUT2D eigenvalue weighted by Gasteiger charge is -2.05. The number of hydrogen-bond donors (Lipinski definition) is 0. The Bertz CT molecular complexity index is 69.3. The van der Waals surface area contributed by atoms with Gasteiger partial charge in [-0.15, -0.1) is 0 Å². The monoisotopic (exact) mass is 192 g/mol. The Morgan fingerprint density at radius 2 is 2.44 bits per heavy atom. The fraction of sp³-hybridized carbons (Fsp3) is 1.00. The van der Waals surface area contributed by atoms with Crippen LogP contribution >= 0.6 is 15.9 Å². The van der Waals surface area contributed by atoms with E-state index in [9.17, 15) is 0 Å². The van der Waals surface area contributed by atoms with Gasteiger partial charge in [0.15, 0.2) is 0 Å². The minimum atomic E-state index is 0.586. The van der Waals surface area contributed by atoms with E-state index in [-0.39, 0.29) is 0 Å². The standard InChI is InChI=1S/C7H13BrO/c8-5-1-3-7-4-2-6-9-7/h7H,1-6H2/t7-/m0/s1. The number of hydrogen-bond acceptors (Lipinski definition) is 1. The van der Waals surface area contributed by atoms with Gasteiger partial charge in [-0.1, -0.05) is 15.9 Å². The maximum atomic E-state index is 5.43. The minimum absolute atomic E-state index is 0.586. The quantitative estimate of drug-likeness (QED) is 0.625.